The molecule has 6 heteroatoms. The molecule has 0 radical (unpaired) electrons. The Bertz CT molecular complexity index is 1140. The third-order valence-corrected chi connectivity index (χ3v) is 5.15. The van der Waals surface area contributed by atoms with Crippen molar-refractivity contribution >= 4 is 34.7 Å². The third-order valence-electron chi connectivity index (χ3n) is 4.90. The molecule has 0 unspecified atom stereocenters. The lowest BCUT2D eigenvalue weighted by molar-refractivity contribution is -0.137. The van der Waals surface area contributed by atoms with E-state index in [-0.39, 0.29) is 24.1 Å². The van der Waals surface area contributed by atoms with E-state index in [4.69, 9.17) is 16.3 Å². The van der Waals surface area contributed by atoms with Gasteiger partial charge in [0.2, 0.25) is 0 Å². The van der Waals surface area contributed by atoms with Crippen molar-refractivity contribution in [3.63, 3.8) is 0 Å². The summed E-state index contributed by atoms with van der Waals surface area (Å²) in [7, 11) is 0. The molecule has 0 atom stereocenters. The van der Waals surface area contributed by atoms with Crippen molar-refractivity contribution < 1.29 is 14.3 Å². The number of amides is 2. The van der Waals surface area contributed by atoms with Crippen LogP contribution in [0.25, 0.3) is 5.57 Å². The Kier molecular flexibility index (Phi) is 6.05. The highest BCUT2D eigenvalue weighted by molar-refractivity contribution is 6.36. The molecule has 1 aliphatic rings. The number of benzene rings is 3. The van der Waals surface area contributed by atoms with Gasteiger partial charge in [0.25, 0.3) is 11.8 Å². The summed E-state index contributed by atoms with van der Waals surface area (Å²) in [5, 5.41) is 3.76. The summed E-state index contributed by atoms with van der Waals surface area (Å²) in [6.45, 7) is 2.60. The second-order valence-electron chi connectivity index (χ2n) is 7.02. The molecule has 0 saturated heterocycles. The first kappa shape index (κ1) is 20.7. The number of nitrogens with zero attached hydrogens (tertiary/aromatic N) is 1. The van der Waals surface area contributed by atoms with Crippen LogP contribution < -0.4 is 10.1 Å². The first-order chi connectivity index (χ1) is 15.1. The molecular weight excluding hydrogens is 412 g/mol. The van der Waals surface area contributed by atoms with Crippen LogP contribution in [0.3, 0.4) is 0 Å². The molecule has 1 N–H and O–H groups in total. The Morgan fingerprint density at radius 1 is 0.903 bits per heavy atom. The van der Waals surface area contributed by atoms with Crippen molar-refractivity contribution in [3.05, 3.63) is 101 Å². The van der Waals surface area contributed by atoms with E-state index in [2.05, 4.69) is 5.32 Å². The van der Waals surface area contributed by atoms with Crippen LogP contribution in [0.5, 0.6) is 5.75 Å². The topological polar surface area (TPSA) is 58.6 Å². The van der Waals surface area contributed by atoms with E-state index >= 15 is 0 Å². The van der Waals surface area contributed by atoms with Crippen LogP contribution in [-0.2, 0) is 16.1 Å². The molecule has 1 heterocycles. The first-order valence-electron chi connectivity index (χ1n) is 9.97. The maximum atomic E-state index is 13.3. The van der Waals surface area contributed by atoms with Gasteiger partial charge in [0.15, 0.2) is 0 Å². The average Bonchev–Trinajstić information content (AvgIpc) is 3.00. The van der Waals surface area contributed by atoms with Gasteiger partial charge in [-0.05, 0) is 42.3 Å². The van der Waals surface area contributed by atoms with Crippen LogP contribution in [0.2, 0.25) is 5.02 Å². The fourth-order valence-corrected chi connectivity index (χ4v) is 3.58. The van der Waals surface area contributed by atoms with Crippen LogP contribution in [0.4, 0.5) is 5.69 Å². The number of halogens is 1. The van der Waals surface area contributed by atoms with Crippen LogP contribution in [0, 0.1) is 0 Å². The molecule has 156 valence electrons. The largest absolute Gasteiger partial charge is 0.494 e. The maximum absolute atomic E-state index is 13.3. The SMILES string of the molecule is CCOc1cccc(NC2=C(c3ccccc3)C(=O)N(Cc3ccc(Cl)cc3)C2=O)c1. The van der Waals surface area contributed by atoms with E-state index in [9.17, 15) is 9.59 Å². The molecule has 2 amide bonds. The molecule has 31 heavy (non-hydrogen) atoms. The number of hydrogen-bond acceptors (Lipinski definition) is 4. The Morgan fingerprint density at radius 2 is 1.65 bits per heavy atom. The molecule has 5 nitrogen and oxygen atoms in total. The number of ether oxygens (including phenoxy) is 1. The van der Waals surface area contributed by atoms with Crippen LogP contribution in [0.1, 0.15) is 18.1 Å². The smallest absolute Gasteiger partial charge is 0.278 e. The van der Waals surface area contributed by atoms with Crippen molar-refractivity contribution in [2.45, 2.75) is 13.5 Å². The summed E-state index contributed by atoms with van der Waals surface area (Å²) in [6, 6.07) is 23.6. The minimum atomic E-state index is -0.374. The third kappa shape index (κ3) is 4.47. The van der Waals surface area contributed by atoms with Gasteiger partial charge in [-0.3, -0.25) is 14.5 Å². The molecule has 0 bridgehead atoms. The average molecular weight is 433 g/mol. The Balaban J connectivity index is 1.70. The number of carbonyl (C=O) groups is 2. The minimum Gasteiger partial charge on any atom is -0.494 e. The zero-order chi connectivity index (χ0) is 21.8. The molecule has 1 aliphatic heterocycles. The molecule has 3 aromatic rings. The summed E-state index contributed by atoms with van der Waals surface area (Å²) in [6.07, 6.45) is 0. The van der Waals surface area contributed by atoms with Gasteiger partial charge in [-0.1, -0.05) is 60.1 Å². The predicted molar refractivity (Wildman–Crippen MR) is 122 cm³/mol. The predicted octanol–water partition coefficient (Wildman–Crippen LogP) is 5.13. The number of hydrogen-bond donors (Lipinski definition) is 1. The molecule has 0 aromatic heterocycles. The van der Waals surface area contributed by atoms with Crippen LogP contribution >= 0.6 is 11.6 Å². The van der Waals surface area contributed by atoms with Gasteiger partial charge in [-0.2, -0.15) is 0 Å². The quantitative estimate of drug-likeness (QED) is 0.526. The van der Waals surface area contributed by atoms with E-state index in [1.165, 1.54) is 4.90 Å². The lowest BCUT2D eigenvalue weighted by Crippen LogP contribution is -2.32. The summed E-state index contributed by atoms with van der Waals surface area (Å²) >= 11 is 5.96. The van der Waals surface area contributed by atoms with Crippen molar-refractivity contribution in [2.24, 2.45) is 0 Å². The zero-order valence-electron chi connectivity index (χ0n) is 17.0. The van der Waals surface area contributed by atoms with Crippen molar-refractivity contribution in [3.8, 4) is 5.75 Å². The molecule has 0 saturated carbocycles. The van der Waals surface area contributed by atoms with E-state index in [1.807, 2.05) is 67.6 Å². The van der Waals surface area contributed by atoms with Gasteiger partial charge in [0.05, 0.1) is 18.7 Å². The second kappa shape index (κ2) is 9.06. The summed E-state index contributed by atoms with van der Waals surface area (Å²) in [4.78, 5) is 27.9. The molecule has 0 spiro atoms. The van der Waals surface area contributed by atoms with Crippen LogP contribution in [-0.4, -0.2) is 23.3 Å². The van der Waals surface area contributed by atoms with Crippen molar-refractivity contribution in [1.29, 1.82) is 0 Å². The fourth-order valence-electron chi connectivity index (χ4n) is 3.46. The molecule has 3 aromatic carbocycles. The Labute approximate surface area is 185 Å². The van der Waals surface area contributed by atoms with E-state index < -0.39 is 0 Å². The zero-order valence-corrected chi connectivity index (χ0v) is 17.7. The first-order valence-corrected chi connectivity index (χ1v) is 10.3. The molecule has 0 aliphatic carbocycles. The minimum absolute atomic E-state index is 0.162. The van der Waals surface area contributed by atoms with Gasteiger partial charge in [0.1, 0.15) is 11.4 Å². The lowest BCUT2D eigenvalue weighted by atomic mass is 10.0. The van der Waals surface area contributed by atoms with E-state index in [0.717, 1.165) is 5.56 Å². The highest BCUT2D eigenvalue weighted by Gasteiger charge is 2.39. The van der Waals surface area contributed by atoms with Gasteiger partial charge in [-0.15, -0.1) is 0 Å². The lowest BCUT2D eigenvalue weighted by Gasteiger charge is -2.15. The van der Waals surface area contributed by atoms with E-state index in [0.29, 0.717) is 34.2 Å². The number of carbonyl (C=O) groups excluding carboxylic acids is 2. The standard InChI is InChI=1S/C25H21ClN2O3/c1-2-31-21-10-6-9-20(15-21)27-23-22(18-7-4-3-5-8-18)24(29)28(25(23)30)16-17-11-13-19(26)14-12-17/h3-15,27H,2,16H2,1H3. The maximum Gasteiger partial charge on any atom is 0.278 e. The summed E-state index contributed by atoms with van der Waals surface area (Å²) < 4.78 is 5.55. The fraction of sp³-hybridized carbons (Fsp3) is 0.120. The highest BCUT2D eigenvalue weighted by atomic mass is 35.5. The molecule has 4 rings (SSSR count). The van der Waals surface area contributed by atoms with Gasteiger partial charge in [0, 0.05) is 16.8 Å². The van der Waals surface area contributed by atoms with Crippen LogP contribution in [0.15, 0.2) is 84.6 Å². The number of anilines is 1. The number of nitrogens with one attached hydrogen (secondary N) is 1. The van der Waals surface area contributed by atoms with E-state index in [1.54, 1.807) is 18.2 Å². The molecular formula is C25H21ClN2O3. The number of imide groups is 1. The normalized spacial score (nSPS) is 13.7. The van der Waals surface area contributed by atoms with Gasteiger partial charge >= 0.3 is 0 Å². The second-order valence-corrected chi connectivity index (χ2v) is 7.46. The van der Waals surface area contributed by atoms with Crippen molar-refractivity contribution in [1.82, 2.24) is 4.90 Å². The number of rotatable bonds is 7. The summed E-state index contributed by atoms with van der Waals surface area (Å²) in [5.41, 5.74) is 2.77. The monoisotopic (exact) mass is 432 g/mol. The Morgan fingerprint density at radius 3 is 2.35 bits per heavy atom. The highest BCUT2D eigenvalue weighted by Crippen LogP contribution is 2.32. The van der Waals surface area contributed by atoms with Gasteiger partial charge in [-0.25, -0.2) is 0 Å². The van der Waals surface area contributed by atoms with Crippen molar-refractivity contribution in [2.75, 3.05) is 11.9 Å². The molecule has 0 fully saturated rings. The summed E-state index contributed by atoms with van der Waals surface area (Å²) in [5.74, 6) is -0.0283. The Hall–Kier alpha value is -3.57. The van der Waals surface area contributed by atoms with Gasteiger partial charge < -0.3 is 10.1 Å².